The molecule has 0 spiro atoms. The van der Waals surface area contributed by atoms with Crippen molar-refractivity contribution in [3.8, 4) is 0 Å². The molecule has 0 aromatic rings. The van der Waals surface area contributed by atoms with Gasteiger partial charge in [0.15, 0.2) is 24.8 Å². The summed E-state index contributed by atoms with van der Waals surface area (Å²) in [4.78, 5) is 0. The third-order valence-corrected chi connectivity index (χ3v) is 9.80. The number of hydrogen-bond acceptors (Lipinski definition) is 14. The summed E-state index contributed by atoms with van der Waals surface area (Å²) in [7, 11) is 0. The van der Waals surface area contributed by atoms with E-state index in [4.69, 9.17) is 23.7 Å². The van der Waals surface area contributed by atoms with Crippen molar-refractivity contribution in [1.82, 2.24) is 0 Å². The van der Waals surface area contributed by atoms with Crippen molar-refractivity contribution >= 4 is 0 Å². The maximum atomic E-state index is 11.0. The summed E-state index contributed by atoms with van der Waals surface area (Å²) in [6.07, 6.45) is -17.9. The Balaban J connectivity index is 1.40. The highest BCUT2D eigenvalue weighted by Crippen LogP contribution is 2.42. The second-order valence-electron chi connectivity index (χ2n) is 12.7. The maximum Gasteiger partial charge on any atom is 0.187 e. The molecule has 0 radical (unpaired) electrons. The number of fused-ring (bicyclic) bond motifs is 1. The monoisotopic (exact) mass is 611 g/mol. The summed E-state index contributed by atoms with van der Waals surface area (Å²) in [5.41, 5.74) is 0. The lowest BCUT2D eigenvalue weighted by molar-refractivity contribution is -0.385. The molecule has 11 N–H and O–H groups in total. The Morgan fingerprint density at radius 3 is 2.12 bits per heavy atom. The van der Waals surface area contributed by atoms with E-state index in [0.717, 1.165) is 0 Å². The zero-order valence-electron chi connectivity index (χ0n) is 23.5. The van der Waals surface area contributed by atoms with Crippen LogP contribution in [0.1, 0.15) is 45.4 Å². The molecule has 15 nitrogen and oxygen atoms in total. The van der Waals surface area contributed by atoms with Gasteiger partial charge in [0, 0.05) is 18.8 Å². The van der Waals surface area contributed by atoms with Crippen LogP contribution >= 0.6 is 0 Å². The molecule has 3 saturated heterocycles. The number of rotatable bonds is 6. The van der Waals surface area contributed by atoms with Gasteiger partial charge >= 0.3 is 0 Å². The highest BCUT2D eigenvalue weighted by Gasteiger charge is 2.56. The van der Waals surface area contributed by atoms with E-state index >= 15 is 0 Å². The Labute approximate surface area is 243 Å². The number of ether oxygens (including phenoxy) is 5. The first-order valence-corrected chi connectivity index (χ1v) is 14.9. The van der Waals surface area contributed by atoms with E-state index in [2.05, 4.69) is 0 Å². The third-order valence-electron chi connectivity index (χ3n) is 9.80. The number of aliphatic hydroxyl groups excluding tert-OH is 10. The van der Waals surface area contributed by atoms with Crippen LogP contribution in [0.5, 0.6) is 0 Å². The van der Waals surface area contributed by atoms with Crippen LogP contribution in [0.15, 0.2) is 0 Å². The molecular formula is C27H47O15+. The summed E-state index contributed by atoms with van der Waals surface area (Å²) in [5.74, 6) is -0.583. The fraction of sp³-hybridized carbons (Fsp3) is 1.00. The Morgan fingerprint density at radius 1 is 0.690 bits per heavy atom. The quantitative estimate of drug-likeness (QED) is 0.127. The van der Waals surface area contributed by atoms with Crippen molar-refractivity contribution < 1.29 is 74.7 Å². The van der Waals surface area contributed by atoms with Gasteiger partial charge in [-0.25, -0.2) is 0 Å². The largest absolute Gasteiger partial charge is 0.427 e. The molecule has 5 rings (SSSR count). The third kappa shape index (κ3) is 6.52. The van der Waals surface area contributed by atoms with Gasteiger partial charge in [0.25, 0.3) is 0 Å². The van der Waals surface area contributed by atoms with Crippen molar-refractivity contribution in [2.75, 3.05) is 6.61 Å². The zero-order chi connectivity index (χ0) is 30.5. The van der Waals surface area contributed by atoms with Crippen molar-refractivity contribution in [1.29, 1.82) is 0 Å². The summed E-state index contributed by atoms with van der Waals surface area (Å²) in [5, 5.41) is 104. The van der Waals surface area contributed by atoms with Gasteiger partial charge in [-0.15, -0.1) is 0 Å². The predicted octanol–water partition coefficient (Wildman–Crippen LogP) is -4.65. The van der Waals surface area contributed by atoms with E-state index in [1.165, 1.54) is 6.92 Å². The lowest BCUT2D eigenvalue weighted by Gasteiger charge is -2.49. The van der Waals surface area contributed by atoms with E-state index in [1.807, 2.05) is 0 Å². The Kier molecular flexibility index (Phi) is 10.5. The smallest absolute Gasteiger partial charge is 0.187 e. The average molecular weight is 612 g/mol. The minimum absolute atomic E-state index is 0.175. The van der Waals surface area contributed by atoms with Crippen LogP contribution in [0.25, 0.3) is 0 Å². The fourth-order valence-electron chi connectivity index (χ4n) is 7.27. The second-order valence-corrected chi connectivity index (χ2v) is 12.7. The van der Waals surface area contributed by atoms with E-state index < -0.39 is 105 Å². The first-order chi connectivity index (χ1) is 19.9. The van der Waals surface area contributed by atoms with Crippen LogP contribution in [0.2, 0.25) is 0 Å². The van der Waals surface area contributed by atoms with Crippen molar-refractivity contribution in [2.24, 2.45) is 11.8 Å². The summed E-state index contributed by atoms with van der Waals surface area (Å²) < 4.78 is 28.6. The number of aliphatic hydroxyl groups is 12. The molecule has 42 heavy (non-hydrogen) atoms. The summed E-state index contributed by atoms with van der Waals surface area (Å²) in [6, 6.07) is 0. The van der Waals surface area contributed by atoms with Crippen LogP contribution in [-0.2, 0) is 18.9 Å². The topological polar surface area (TPSA) is 252 Å². The molecule has 19 unspecified atom stereocenters. The molecule has 19 atom stereocenters. The van der Waals surface area contributed by atoms with E-state index in [-0.39, 0.29) is 37.2 Å². The van der Waals surface area contributed by atoms with Gasteiger partial charge in [0.2, 0.25) is 0 Å². The predicted molar refractivity (Wildman–Crippen MR) is 138 cm³/mol. The van der Waals surface area contributed by atoms with Crippen LogP contribution in [0.4, 0.5) is 0 Å². The first-order valence-electron chi connectivity index (χ1n) is 14.9. The van der Waals surface area contributed by atoms with Gasteiger partial charge in [-0.2, -0.15) is 0 Å². The SMILES string of the molecule is CC1OC(OC2C(OC3CC4C(O)CC(O)CC4[OH+]C3C3CCC(O)C(O)C3)OC(CO)C(O)C2O)C(O)C(O)C1O. The minimum Gasteiger partial charge on any atom is -0.427 e. The molecule has 0 aromatic carbocycles. The normalized spacial score (nSPS) is 55.6. The first kappa shape index (κ1) is 32.8. The van der Waals surface area contributed by atoms with Crippen LogP contribution < -0.4 is 0 Å². The molecule has 244 valence electrons. The zero-order valence-corrected chi connectivity index (χ0v) is 23.5. The van der Waals surface area contributed by atoms with Gasteiger partial charge in [-0.05, 0) is 32.6 Å². The molecule has 0 amide bonds. The van der Waals surface area contributed by atoms with Gasteiger partial charge in [0.1, 0.15) is 48.8 Å². The Morgan fingerprint density at radius 2 is 1.43 bits per heavy atom. The molecular weight excluding hydrogens is 564 g/mol. The molecule has 3 heterocycles. The molecule has 0 aromatic heterocycles. The average Bonchev–Trinajstić information content (AvgIpc) is 2.95. The highest BCUT2D eigenvalue weighted by molar-refractivity contribution is 4.99. The van der Waals surface area contributed by atoms with Crippen LogP contribution in [0, 0.1) is 11.8 Å². The van der Waals surface area contributed by atoms with E-state index in [9.17, 15) is 51.1 Å². The molecule has 15 heteroatoms. The van der Waals surface area contributed by atoms with E-state index in [1.54, 1.807) is 0 Å². The Hall–Kier alpha value is -0.600. The van der Waals surface area contributed by atoms with Gasteiger partial charge in [-0.1, -0.05) is 0 Å². The summed E-state index contributed by atoms with van der Waals surface area (Å²) in [6.45, 7) is 0.794. The minimum atomic E-state index is -1.71. The standard InChI is InChI=1S/C27H46O15/c1-9-19(33)21(35)23(37)26(38-9)42-25-22(36)20(34)18(8-28)41-27(25)40-17-7-12-14(31)5-11(29)6-16(12)39-24(17)10-2-3-13(30)15(32)4-10/h9-37H,2-8H2,1H3/p+1. The van der Waals surface area contributed by atoms with E-state index in [0.29, 0.717) is 19.3 Å². The van der Waals surface area contributed by atoms with Crippen molar-refractivity contribution in [3.63, 3.8) is 0 Å². The molecule has 2 aliphatic carbocycles. The maximum absolute atomic E-state index is 11.0. The van der Waals surface area contributed by atoms with Gasteiger partial charge in [0.05, 0.1) is 43.0 Å². The van der Waals surface area contributed by atoms with Crippen LogP contribution in [0.3, 0.4) is 0 Å². The number of hydrogen-bond donors (Lipinski definition) is 10. The molecule has 5 fully saturated rings. The van der Waals surface area contributed by atoms with Crippen molar-refractivity contribution in [3.05, 3.63) is 0 Å². The lowest BCUT2D eigenvalue weighted by Crippen LogP contribution is -2.65. The lowest BCUT2D eigenvalue weighted by atomic mass is 9.72. The fourth-order valence-corrected chi connectivity index (χ4v) is 7.27. The molecule has 0 bridgehead atoms. The molecule has 5 aliphatic rings. The molecule has 2 saturated carbocycles. The second kappa shape index (κ2) is 13.4. The van der Waals surface area contributed by atoms with Crippen LogP contribution in [-0.4, -0.2) is 167 Å². The Bertz CT molecular complexity index is 882. The highest BCUT2D eigenvalue weighted by atomic mass is 16.8. The molecule has 3 aliphatic heterocycles. The van der Waals surface area contributed by atoms with Gasteiger partial charge < -0.3 is 74.7 Å². The summed E-state index contributed by atoms with van der Waals surface area (Å²) >= 11 is 0. The van der Waals surface area contributed by atoms with Gasteiger partial charge in [-0.3, -0.25) is 0 Å². The van der Waals surface area contributed by atoms with Crippen molar-refractivity contribution in [2.45, 2.75) is 150 Å².